The van der Waals surface area contributed by atoms with Gasteiger partial charge in [0, 0.05) is 30.4 Å². The van der Waals surface area contributed by atoms with Crippen molar-refractivity contribution >= 4 is 22.2 Å². The number of anilines is 2. The highest BCUT2D eigenvalue weighted by atomic mass is 32.1. The normalized spacial score (nSPS) is 14.3. The molecule has 0 radical (unpaired) electrons. The summed E-state index contributed by atoms with van der Waals surface area (Å²) in [5.41, 5.74) is 9.42. The highest BCUT2D eigenvalue weighted by Crippen LogP contribution is 2.32. The molecule has 0 spiro atoms. The number of fused-ring (bicyclic) bond motifs is 1. The maximum atomic E-state index is 5.94. The Morgan fingerprint density at radius 3 is 3.00 bits per heavy atom. The van der Waals surface area contributed by atoms with Crippen molar-refractivity contribution in [2.75, 3.05) is 10.6 Å². The number of nitrogens with two attached hydrogens (primary N) is 1. The van der Waals surface area contributed by atoms with E-state index in [0.717, 1.165) is 23.9 Å². The second-order valence-electron chi connectivity index (χ2n) is 3.66. The minimum atomic E-state index is 0.884. The van der Waals surface area contributed by atoms with Gasteiger partial charge in [-0.2, -0.15) is 0 Å². The summed E-state index contributed by atoms with van der Waals surface area (Å²) < 4.78 is 0. The number of hydrogen-bond acceptors (Lipinski definition) is 4. The number of aromatic nitrogens is 1. The maximum absolute atomic E-state index is 5.94. The first kappa shape index (κ1) is 8.73. The van der Waals surface area contributed by atoms with Gasteiger partial charge in [0.1, 0.15) is 0 Å². The van der Waals surface area contributed by atoms with Gasteiger partial charge in [0.05, 0.1) is 0 Å². The zero-order valence-corrected chi connectivity index (χ0v) is 9.00. The van der Waals surface area contributed by atoms with Crippen LogP contribution in [0.2, 0.25) is 0 Å². The summed E-state index contributed by atoms with van der Waals surface area (Å²) >= 11 is 1.67. The first-order valence-electron chi connectivity index (χ1n) is 4.85. The summed E-state index contributed by atoms with van der Waals surface area (Å²) in [6.45, 7) is 1.81. The molecule has 15 heavy (non-hydrogen) atoms. The lowest BCUT2D eigenvalue weighted by atomic mass is 10.1. The fraction of sp³-hybridized carbons (Fsp3) is 0.182. The van der Waals surface area contributed by atoms with Gasteiger partial charge in [-0.1, -0.05) is 12.1 Å². The summed E-state index contributed by atoms with van der Waals surface area (Å²) in [6.07, 6.45) is 1.84. The molecule has 1 aromatic heterocycles. The minimum Gasteiger partial charge on any atom is -0.398 e. The van der Waals surface area contributed by atoms with E-state index in [1.807, 2.05) is 23.7 Å². The summed E-state index contributed by atoms with van der Waals surface area (Å²) in [6, 6.07) is 6.11. The second-order valence-corrected chi connectivity index (χ2v) is 4.53. The van der Waals surface area contributed by atoms with Crippen LogP contribution in [0, 0.1) is 0 Å². The monoisotopic (exact) mass is 217 g/mol. The van der Waals surface area contributed by atoms with Gasteiger partial charge >= 0.3 is 0 Å². The van der Waals surface area contributed by atoms with Crippen LogP contribution in [-0.4, -0.2) is 4.98 Å². The molecule has 1 aliphatic heterocycles. The Bertz CT molecular complexity index is 479. The van der Waals surface area contributed by atoms with E-state index in [4.69, 9.17) is 5.73 Å². The van der Waals surface area contributed by atoms with Crippen molar-refractivity contribution in [2.24, 2.45) is 0 Å². The zero-order chi connectivity index (χ0) is 10.3. The van der Waals surface area contributed by atoms with Gasteiger partial charge in [0.25, 0.3) is 0 Å². The summed E-state index contributed by atoms with van der Waals surface area (Å²) in [5, 5.41) is 3.08. The molecule has 2 aromatic rings. The molecule has 0 unspecified atom stereocenters. The first-order chi connectivity index (χ1) is 7.34. The number of nitrogens with zero attached hydrogens (tertiary/aromatic N) is 2. The van der Waals surface area contributed by atoms with Crippen molar-refractivity contribution in [3.05, 3.63) is 40.9 Å². The molecule has 1 aromatic carbocycles. The van der Waals surface area contributed by atoms with Crippen LogP contribution in [-0.2, 0) is 13.1 Å². The van der Waals surface area contributed by atoms with Crippen LogP contribution < -0.4 is 10.6 Å². The van der Waals surface area contributed by atoms with Gasteiger partial charge in [-0.3, -0.25) is 0 Å². The standard InChI is InChI=1S/C11H11N3S/c12-10-3-1-2-8-6-14(7-9(8)10)11-13-4-5-15-11/h1-5H,6-7,12H2. The van der Waals surface area contributed by atoms with Crippen LogP contribution >= 0.6 is 11.3 Å². The van der Waals surface area contributed by atoms with Crippen molar-refractivity contribution < 1.29 is 0 Å². The van der Waals surface area contributed by atoms with Crippen molar-refractivity contribution in [1.29, 1.82) is 0 Å². The molecule has 2 N–H and O–H groups in total. The van der Waals surface area contributed by atoms with Gasteiger partial charge in [-0.05, 0) is 17.2 Å². The largest absolute Gasteiger partial charge is 0.398 e. The van der Waals surface area contributed by atoms with Crippen molar-refractivity contribution in [2.45, 2.75) is 13.1 Å². The first-order valence-corrected chi connectivity index (χ1v) is 5.73. The van der Waals surface area contributed by atoms with Gasteiger partial charge in [-0.25, -0.2) is 4.98 Å². The molecule has 0 saturated carbocycles. The topological polar surface area (TPSA) is 42.1 Å². The highest BCUT2D eigenvalue weighted by molar-refractivity contribution is 7.13. The Morgan fingerprint density at radius 1 is 1.33 bits per heavy atom. The van der Waals surface area contributed by atoms with Gasteiger partial charge in [0.15, 0.2) is 5.13 Å². The Morgan fingerprint density at radius 2 is 2.27 bits per heavy atom. The molecule has 0 aliphatic carbocycles. The minimum absolute atomic E-state index is 0.884. The maximum Gasteiger partial charge on any atom is 0.185 e. The van der Waals surface area contributed by atoms with Crippen LogP contribution in [0.5, 0.6) is 0 Å². The summed E-state index contributed by atoms with van der Waals surface area (Å²) in [4.78, 5) is 6.57. The Hall–Kier alpha value is -1.55. The molecule has 76 valence electrons. The average molecular weight is 217 g/mol. The predicted molar refractivity (Wildman–Crippen MR) is 62.9 cm³/mol. The third kappa shape index (κ3) is 1.37. The van der Waals surface area contributed by atoms with Crippen molar-refractivity contribution in [1.82, 2.24) is 4.98 Å². The third-order valence-electron chi connectivity index (χ3n) is 2.71. The number of nitrogen functional groups attached to an aromatic ring is 1. The van der Waals surface area contributed by atoms with E-state index in [2.05, 4.69) is 16.0 Å². The van der Waals surface area contributed by atoms with Crippen LogP contribution in [0.1, 0.15) is 11.1 Å². The summed E-state index contributed by atoms with van der Waals surface area (Å²) in [5.74, 6) is 0. The van der Waals surface area contributed by atoms with Crippen LogP contribution in [0.4, 0.5) is 10.8 Å². The molecule has 1 aliphatic rings. The van der Waals surface area contributed by atoms with Gasteiger partial charge < -0.3 is 10.6 Å². The number of hydrogen-bond donors (Lipinski definition) is 1. The second kappa shape index (κ2) is 3.24. The molecule has 2 heterocycles. The molecule has 4 heteroatoms. The van der Waals surface area contributed by atoms with Crippen molar-refractivity contribution in [3.8, 4) is 0 Å². The van der Waals surface area contributed by atoms with E-state index in [0.29, 0.717) is 0 Å². The van der Waals surface area contributed by atoms with Crippen LogP contribution in [0.3, 0.4) is 0 Å². The van der Waals surface area contributed by atoms with E-state index in [9.17, 15) is 0 Å². The van der Waals surface area contributed by atoms with E-state index in [-0.39, 0.29) is 0 Å². The Kier molecular flexibility index (Phi) is 1.89. The Balaban J connectivity index is 1.96. The van der Waals surface area contributed by atoms with E-state index in [1.165, 1.54) is 11.1 Å². The predicted octanol–water partition coefficient (Wildman–Crippen LogP) is 2.25. The van der Waals surface area contributed by atoms with Crippen LogP contribution in [0.15, 0.2) is 29.8 Å². The molecule has 0 amide bonds. The molecule has 3 rings (SSSR count). The van der Waals surface area contributed by atoms with Crippen LogP contribution in [0.25, 0.3) is 0 Å². The summed E-state index contributed by atoms with van der Waals surface area (Å²) in [7, 11) is 0. The lowest BCUT2D eigenvalue weighted by Crippen LogP contribution is -2.13. The molecular weight excluding hydrogens is 206 g/mol. The molecule has 0 fully saturated rings. The Labute approximate surface area is 92.2 Å². The van der Waals surface area contributed by atoms with Gasteiger partial charge in [-0.15, -0.1) is 11.3 Å². The van der Waals surface area contributed by atoms with Crippen molar-refractivity contribution in [3.63, 3.8) is 0 Å². The zero-order valence-electron chi connectivity index (χ0n) is 8.18. The molecular formula is C11H11N3S. The smallest absolute Gasteiger partial charge is 0.185 e. The molecule has 0 saturated heterocycles. The van der Waals surface area contributed by atoms with Gasteiger partial charge in [0.2, 0.25) is 0 Å². The highest BCUT2D eigenvalue weighted by Gasteiger charge is 2.21. The third-order valence-corrected chi connectivity index (χ3v) is 3.54. The quantitative estimate of drug-likeness (QED) is 0.745. The molecule has 0 bridgehead atoms. The lowest BCUT2D eigenvalue weighted by Gasteiger charge is -2.12. The molecule has 3 nitrogen and oxygen atoms in total. The number of thiazole rings is 1. The number of rotatable bonds is 1. The van der Waals surface area contributed by atoms with E-state index >= 15 is 0 Å². The molecule has 0 atom stereocenters. The lowest BCUT2D eigenvalue weighted by molar-refractivity contribution is 0.873. The fourth-order valence-electron chi connectivity index (χ4n) is 1.96. The average Bonchev–Trinajstić information content (AvgIpc) is 2.86. The van der Waals surface area contributed by atoms with E-state index in [1.54, 1.807) is 11.3 Å². The van der Waals surface area contributed by atoms with E-state index < -0.39 is 0 Å². The fourth-order valence-corrected chi connectivity index (χ4v) is 2.60. The number of benzene rings is 1. The SMILES string of the molecule is Nc1cccc2c1CN(c1nccs1)C2.